The third-order valence-electron chi connectivity index (χ3n) is 4.94. The smallest absolute Gasteiger partial charge is 0.407 e. The minimum atomic E-state index is -0.900. The van der Waals surface area contributed by atoms with Gasteiger partial charge in [-0.2, -0.15) is 0 Å². The van der Waals surface area contributed by atoms with E-state index in [1.807, 2.05) is 38.1 Å². The van der Waals surface area contributed by atoms with E-state index in [0.29, 0.717) is 6.42 Å². The van der Waals surface area contributed by atoms with Gasteiger partial charge in [0.25, 0.3) is 0 Å². The summed E-state index contributed by atoms with van der Waals surface area (Å²) in [5, 5.41) is 11.9. The average Bonchev–Trinajstić information content (AvgIpc) is 2.97. The molecule has 0 bridgehead atoms. The van der Waals surface area contributed by atoms with Crippen molar-refractivity contribution in [3.8, 4) is 11.1 Å². The van der Waals surface area contributed by atoms with Gasteiger partial charge in [0.15, 0.2) is 0 Å². The number of fused-ring (bicyclic) bond motifs is 3. The zero-order valence-corrected chi connectivity index (χ0v) is 15.6. The van der Waals surface area contributed by atoms with E-state index in [9.17, 15) is 14.7 Å². The van der Waals surface area contributed by atoms with Gasteiger partial charge in [-0.05, 0) is 34.6 Å². The van der Waals surface area contributed by atoms with E-state index in [-0.39, 0.29) is 25.0 Å². The monoisotopic (exact) mass is 367 g/mol. The van der Waals surface area contributed by atoms with E-state index in [1.165, 1.54) is 11.1 Å². The van der Waals surface area contributed by atoms with E-state index >= 15 is 0 Å². The number of benzene rings is 2. The lowest BCUT2D eigenvalue weighted by atomic mass is 9.97. The number of ether oxygens (including phenoxy) is 1. The van der Waals surface area contributed by atoms with Gasteiger partial charge in [0.1, 0.15) is 6.61 Å². The second-order valence-corrected chi connectivity index (χ2v) is 7.37. The van der Waals surface area contributed by atoms with Crippen molar-refractivity contribution in [1.82, 2.24) is 5.32 Å². The third kappa shape index (κ3) is 4.30. The highest BCUT2D eigenvalue weighted by atomic mass is 16.5. The topological polar surface area (TPSA) is 75.6 Å². The molecule has 2 N–H and O–H groups in total. The number of rotatable bonds is 7. The van der Waals surface area contributed by atoms with Gasteiger partial charge in [-0.3, -0.25) is 4.79 Å². The molecule has 1 aliphatic rings. The molecule has 0 saturated heterocycles. The van der Waals surface area contributed by atoms with Gasteiger partial charge in [-0.1, -0.05) is 62.4 Å². The van der Waals surface area contributed by atoms with Crippen molar-refractivity contribution in [1.29, 1.82) is 0 Å². The summed E-state index contributed by atoms with van der Waals surface area (Å²) in [6.07, 6.45) is -0.0641. The van der Waals surface area contributed by atoms with Crippen LogP contribution in [-0.4, -0.2) is 30.3 Å². The quantitative estimate of drug-likeness (QED) is 0.766. The number of carbonyl (C=O) groups excluding carboxylic acids is 1. The molecule has 142 valence electrons. The fourth-order valence-electron chi connectivity index (χ4n) is 3.70. The Hall–Kier alpha value is -2.82. The Morgan fingerprint density at radius 1 is 1.04 bits per heavy atom. The van der Waals surface area contributed by atoms with Gasteiger partial charge < -0.3 is 15.2 Å². The van der Waals surface area contributed by atoms with Crippen molar-refractivity contribution >= 4 is 12.1 Å². The van der Waals surface area contributed by atoms with Crippen LogP contribution in [-0.2, 0) is 9.53 Å². The molecule has 0 heterocycles. The molecule has 0 spiro atoms. The highest BCUT2D eigenvalue weighted by molar-refractivity contribution is 5.79. The maximum absolute atomic E-state index is 12.1. The van der Waals surface area contributed by atoms with Crippen LogP contribution in [0.2, 0.25) is 0 Å². The van der Waals surface area contributed by atoms with E-state index < -0.39 is 18.0 Å². The van der Waals surface area contributed by atoms with Crippen molar-refractivity contribution in [3.63, 3.8) is 0 Å². The molecule has 1 atom stereocenters. The predicted molar refractivity (Wildman–Crippen MR) is 104 cm³/mol. The number of aliphatic carboxylic acids is 1. The first-order valence-electron chi connectivity index (χ1n) is 9.29. The lowest BCUT2D eigenvalue weighted by Gasteiger charge is -2.17. The van der Waals surface area contributed by atoms with Crippen LogP contribution in [0.15, 0.2) is 48.5 Å². The normalized spacial score (nSPS) is 13.7. The van der Waals surface area contributed by atoms with Crippen LogP contribution >= 0.6 is 0 Å². The predicted octanol–water partition coefficient (Wildman–Crippen LogP) is 4.27. The van der Waals surface area contributed by atoms with Crippen molar-refractivity contribution in [2.45, 2.75) is 26.2 Å². The number of alkyl carbamates (subject to hydrolysis) is 1. The highest BCUT2D eigenvalue weighted by Crippen LogP contribution is 2.44. The lowest BCUT2D eigenvalue weighted by Crippen LogP contribution is -2.34. The Labute approximate surface area is 159 Å². The first-order chi connectivity index (χ1) is 13.0. The Kier molecular flexibility index (Phi) is 5.79. The highest BCUT2D eigenvalue weighted by Gasteiger charge is 2.29. The van der Waals surface area contributed by atoms with Gasteiger partial charge in [0, 0.05) is 12.5 Å². The second-order valence-electron chi connectivity index (χ2n) is 7.37. The standard InChI is InChI=1S/C22H25NO4/c1-14(2)11-15(21(24)25)12-23-22(26)27-13-20-18-9-5-3-7-16(18)17-8-4-6-10-19(17)20/h3-10,14-15,20H,11-13H2,1-2H3,(H,23,26)(H,24,25). The minimum Gasteiger partial charge on any atom is -0.481 e. The SMILES string of the molecule is CC(C)CC(CNC(=O)OCC1c2ccccc2-c2ccccc21)C(=O)O. The molecule has 0 radical (unpaired) electrons. The largest absolute Gasteiger partial charge is 0.481 e. The summed E-state index contributed by atoms with van der Waals surface area (Å²) >= 11 is 0. The summed E-state index contributed by atoms with van der Waals surface area (Å²) in [6, 6.07) is 16.3. The number of carbonyl (C=O) groups is 2. The van der Waals surface area contributed by atoms with Crippen LogP contribution in [0.4, 0.5) is 4.79 Å². The van der Waals surface area contributed by atoms with Gasteiger partial charge >= 0.3 is 12.1 Å². The third-order valence-corrected chi connectivity index (χ3v) is 4.94. The van der Waals surface area contributed by atoms with Crippen molar-refractivity contribution < 1.29 is 19.4 Å². The number of carboxylic acids is 1. The Balaban J connectivity index is 1.62. The molecule has 2 aromatic rings. The fourth-order valence-corrected chi connectivity index (χ4v) is 3.70. The molecular formula is C22H25NO4. The van der Waals surface area contributed by atoms with Gasteiger partial charge in [-0.25, -0.2) is 4.79 Å². The average molecular weight is 367 g/mol. The number of nitrogens with one attached hydrogen (secondary N) is 1. The van der Waals surface area contributed by atoms with Crippen molar-refractivity contribution in [3.05, 3.63) is 59.7 Å². The number of hydrogen-bond acceptors (Lipinski definition) is 3. The minimum absolute atomic E-state index is 0.00548. The molecule has 0 aromatic heterocycles. The Morgan fingerprint density at radius 3 is 2.11 bits per heavy atom. The molecule has 1 amide bonds. The van der Waals surface area contributed by atoms with Gasteiger partial charge in [0.05, 0.1) is 5.92 Å². The molecule has 0 saturated carbocycles. The van der Waals surface area contributed by atoms with E-state index in [2.05, 4.69) is 29.6 Å². The summed E-state index contributed by atoms with van der Waals surface area (Å²) in [5.41, 5.74) is 4.64. The van der Waals surface area contributed by atoms with Crippen molar-refractivity contribution in [2.75, 3.05) is 13.2 Å². The van der Waals surface area contributed by atoms with E-state index in [0.717, 1.165) is 11.1 Å². The zero-order chi connectivity index (χ0) is 19.4. The molecule has 0 fully saturated rings. The molecule has 1 unspecified atom stereocenters. The molecule has 27 heavy (non-hydrogen) atoms. The lowest BCUT2D eigenvalue weighted by molar-refractivity contribution is -0.142. The van der Waals surface area contributed by atoms with Gasteiger partial charge in [0.2, 0.25) is 0 Å². The summed E-state index contributed by atoms with van der Waals surface area (Å²) in [7, 11) is 0. The zero-order valence-electron chi connectivity index (χ0n) is 15.6. The molecule has 1 aliphatic carbocycles. The molecule has 3 rings (SSSR count). The van der Waals surface area contributed by atoms with Crippen molar-refractivity contribution in [2.24, 2.45) is 11.8 Å². The van der Waals surface area contributed by atoms with Crippen LogP contribution in [0.1, 0.15) is 37.3 Å². The fraction of sp³-hybridized carbons (Fsp3) is 0.364. The number of hydrogen-bond donors (Lipinski definition) is 2. The second kappa shape index (κ2) is 8.25. The molecular weight excluding hydrogens is 342 g/mol. The maximum atomic E-state index is 12.1. The van der Waals surface area contributed by atoms with Crippen LogP contribution in [0, 0.1) is 11.8 Å². The summed E-state index contributed by atoms with van der Waals surface area (Å²) in [4.78, 5) is 23.4. The van der Waals surface area contributed by atoms with E-state index in [4.69, 9.17) is 4.74 Å². The first kappa shape index (κ1) is 19.0. The molecule has 0 aliphatic heterocycles. The summed E-state index contributed by atoms with van der Waals surface area (Å²) < 4.78 is 5.43. The Morgan fingerprint density at radius 2 is 1.59 bits per heavy atom. The maximum Gasteiger partial charge on any atom is 0.407 e. The summed E-state index contributed by atoms with van der Waals surface area (Å²) in [5.74, 6) is -1.27. The molecule has 5 nitrogen and oxygen atoms in total. The van der Waals surface area contributed by atoms with Crippen LogP contribution in [0.25, 0.3) is 11.1 Å². The van der Waals surface area contributed by atoms with Crippen LogP contribution < -0.4 is 5.32 Å². The number of carboxylic acid groups (broad SMARTS) is 1. The first-order valence-corrected chi connectivity index (χ1v) is 9.29. The van der Waals surface area contributed by atoms with Crippen LogP contribution in [0.3, 0.4) is 0 Å². The van der Waals surface area contributed by atoms with E-state index in [1.54, 1.807) is 0 Å². The summed E-state index contributed by atoms with van der Waals surface area (Å²) in [6.45, 7) is 4.22. The number of amides is 1. The Bertz CT molecular complexity index is 785. The van der Waals surface area contributed by atoms with Gasteiger partial charge in [-0.15, -0.1) is 0 Å². The van der Waals surface area contributed by atoms with Crippen LogP contribution in [0.5, 0.6) is 0 Å². The molecule has 2 aromatic carbocycles. The molecule has 5 heteroatoms.